The largest absolute Gasteiger partial charge is 0.384 e. The van der Waals surface area contributed by atoms with Crippen LogP contribution in [0.1, 0.15) is 31.9 Å². The average molecular weight is 393 g/mol. The highest BCUT2D eigenvalue weighted by atomic mass is 15.3. The first kappa shape index (κ1) is 18.1. The van der Waals surface area contributed by atoms with Crippen LogP contribution in [0.5, 0.6) is 0 Å². The molecule has 9 heteroatoms. The van der Waals surface area contributed by atoms with Crippen molar-refractivity contribution in [2.45, 2.75) is 32.6 Å². The molecular formula is C20H27N9. The van der Waals surface area contributed by atoms with Crippen molar-refractivity contribution in [2.75, 3.05) is 41.7 Å². The van der Waals surface area contributed by atoms with E-state index in [2.05, 4.69) is 31.9 Å². The minimum absolute atomic E-state index is 0.230. The smallest absolute Gasteiger partial charge is 0.183 e. The number of pyridine rings is 1. The monoisotopic (exact) mass is 393 g/mol. The summed E-state index contributed by atoms with van der Waals surface area (Å²) in [6.07, 6.45) is 5.91. The summed E-state index contributed by atoms with van der Waals surface area (Å²) in [6.45, 7) is 5.75. The lowest BCUT2D eigenvalue weighted by atomic mass is 9.80. The summed E-state index contributed by atoms with van der Waals surface area (Å²) >= 11 is 0. The minimum atomic E-state index is 0.230. The van der Waals surface area contributed by atoms with E-state index in [-0.39, 0.29) is 5.41 Å². The van der Waals surface area contributed by atoms with Crippen LogP contribution in [-0.2, 0) is 6.42 Å². The van der Waals surface area contributed by atoms with Crippen molar-refractivity contribution < 1.29 is 0 Å². The van der Waals surface area contributed by atoms with Crippen molar-refractivity contribution in [3.05, 3.63) is 24.0 Å². The quantitative estimate of drug-likeness (QED) is 0.617. The summed E-state index contributed by atoms with van der Waals surface area (Å²) in [6, 6.07) is 3.85. The van der Waals surface area contributed by atoms with Crippen molar-refractivity contribution in [3.8, 4) is 0 Å². The van der Waals surface area contributed by atoms with E-state index in [0.717, 1.165) is 80.4 Å². The lowest BCUT2D eigenvalue weighted by molar-refractivity contribution is 0.258. The second-order valence-electron chi connectivity index (χ2n) is 8.43. The number of H-pyrrole nitrogens is 1. The second-order valence-corrected chi connectivity index (χ2v) is 8.43. The Labute approximate surface area is 169 Å². The van der Waals surface area contributed by atoms with Crippen molar-refractivity contribution in [1.29, 1.82) is 0 Å². The minimum Gasteiger partial charge on any atom is -0.384 e. The van der Waals surface area contributed by atoms with Gasteiger partial charge in [-0.2, -0.15) is 5.10 Å². The Hall–Kier alpha value is -2.94. The SMILES string of the molecule is CC1(CN)CCN(c2cnc3c(N4CCCc5nc(N)ccc54)n[nH]c3n2)CC1. The maximum Gasteiger partial charge on any atom is 0.183 e. The third kappa shape index (κ3) is 3.15. The van der Waals surface area contributed by atoms with Crippen LogP contribution in [0.4, 0.5) is 23.1 Å². The van der Waals surface area contributed by atoms with Gasteiger partial charge in [0.1, 0.15) is 11.6 Å². The number of piperidine rings is 1. The summed E-state index contributed by atoms with van der Waals surface area (Å²) in [4.78, 5) is 18.5. The number of aromatic nitrogens is 5. The number of aryl methyl sites for hydroxylation is 1. The zero-order chi connectivity index (χ0) is 20.0. The number of hydrogen-bond donors (Lipinski definition) is 3. The van der Waals surface area contributed by atoms with Crippen LogP contribution in [0, 0.1) is 5.41 Å². The van der Waals surface area contributed by atoms with Crippen LogP contribution in [0.15, 0.2) is 18.3 Å². The summed E-state index contributed by atoms with van der Waals surface area (Å²) < 4.78 is 0. The fourth-order valence-electron chi connectivity index (χ4n) is 4.29. The van der Waals surface area contributed by atoms with Gasteiger partial charge in [-0.1, -0.05) is 6.92 Å². The molecule has 1 fully saturated rings. The molecule has 0 unspecified atom stereocenters. The van der Waals surface area contributed by atoms with Gasteiger partial charge in [0.25, 0.3) is 0 Å². The van der Waals surface area contributed by atoms with E-state index >= 15 is 0 Å². The normalized spacial score (nSPS) is 18.8. The molecule has 5 N–H and O–H groups in total. The molecule has 3 aromatic heterocycles. The molecule has 0 bridgehead atoms. The van der Waals surface area contributed by atoms with Crippen LogP contribution in [0.3, 0.4) is 0 Å². The molecule has 0 spiro atoms. The Balaban J connectivity index is 1.44. The van der Waals surface area contributed by atoms with Crippen LogP contribution in [0.25, 0.3) is 11.2 Å². The van der Waals surface area contributed by atoms with Gasteiger partial charge in [-0.3, -0.25) is 5.10 Å². The molecule has 29 heavy (non-hydrogen) atoms. The number of nitrogens with one attached hydrogen (secondary N) is 1. The number of rotatable bonds is 3. The van der Waals surface area contributed by atoms with E-state index in [1.807, 2.05) is 18.3 Å². The van der Waals surface area contributed by atoms with Crippen LogP contribution in [-0.4, -0.2) is 51.3 Å². The van der Waals surface area contributed by atoms with Gasteiger partial charge in [-0.15, -0.1) is 0 Å². The fourth-order valence-corrected chi connectivity index (χ4v) is 4.29. The molecule has 0 saturated carbocycles. The van der Waals surface area contributed by atoms with Gasteiger partial charge < -0.3 is 21.3 Å². The number of nitrogens with zero attached hydrogens (tertiary/aromatic N) is 6. The maximum atomic E-state index is 5.94. The Morgan fingerprint density at radius 1 is 1.17 bits per heavy atom. The Kier molecular flexibility index (Phi) is 4.27. The summed E-state index contributed by atoms with van der Waals surface area (Å²) in [7, 11) is 0. The van der Waals surface area contributed by atoms with Gasteiger partial charge in [0.2, 0.25) is 0 Å². The molecule has 3 aromatic rings. The van der Waals surface area contributed by atoms with Gasteiger partial charge >= 0.3 is 0 Å². The van der Waals surface area contributed by atoms with E-state index in [1.54, 1.807) is 0 Å². The van der Waals surface area contributed by atoms with Crippen LogP contribution in [0.2, 0.25) is 0 Å². The highest BCUT2D eigenvalue weighted by Gasteiger charge is 2.30. The van der Waals surface area contributed by atoms with Gasteiger partial charge in [0.15, 0.2) is 17.0 Å². The lowest BCUT2D eigenvalue weighted by Crippen LogP contribution is -2.42. The molecular weight excluding hydrogens is 366 g/mol. The fraction of sp³-hybridized carbons (Fsp3) is 0.500. The zero-order valence-electron chi connectivity index (χ0n) is 16.7. The van der Waals surface area contributed by atoms with Crippen LogP contribution < -0.4 is 21.3 Å². The number of aromatic amines is 1. The van der Waals surface area contributed by atoms with E-state index < -0.39 is 0 Å². The van der Waals surface area contributed by atoms with Crippen molar-refractivity contribution in [3.63, 3.8) is 0 Å². The van der Waals surface area contributed by atoms with Gasteiger partial charge in [-0.25, -0.2) is 15.0 Å². The number of fused-ring (bicyclic) bond motifs is 2. The molecule has 0 aromatic carbocycles. The second kappa shape index (κ2) is 6.84. The highest BCUT2D eigenvalue weighted by Crippen LogP contribution is 2.36. The molecule has 5 heterocycles. The standard InChI is InChI=1S/C20H27N9/c1-20(12-21)6-9-28(10-7-20)16-11-23-17-18(25-16)26-27-19(17)29-8-2-3-13-14(29)4-5-15(22)24-13/h4-5,11H,2-3,6-10,12,21H2,1H3,(H2,22,24)(H,25,26,27). The molecule has 2 aliphatic rings. The summed E-state index contributed by atoms with van der Waals surface area (Å²) in [5, 5.41) is 7.62. The number of hydrogen-bond acceptors (Lipinski definition) is 8. The number of nitrogen functional groups attached to an aromatic ring is 1. The predicted molar refractivity (Wildman–Crippen MR) is 114 cm³/mol. The first-order chi connectivity index (χ1) is 14.1. The molecule has 5 rings (SSSR count). The summed E-state index contributed by atoms with van der Waals surface area (Å²) in [5.74, 6) is 2.23. The summed E-state index contributed by atoms with van der Waals surface area (Å²) in [5.41, 5.74) is 15.6. The Morgan fingerprint density at radius 3 is 2.79 bits per heavy atom. The molecule has 9 nitrogen and oxygen atoms in total. The third-order valence-electron chi connectivity index (χ3n) is 6.34. The average Bonchev–Trinajstić information content (AvgIpc) is 3.16. The van der Waals surface area contributed by atoms with Crippen molar-refractivity contribution in [2.24, 2.45) is 11.1 Å². The highest BCUT2D eigenvalue weighted by molar-refractivity contribution is 5.87. The molecule has 0 radical (unpaired) electrons. The number of nitrogens with two attached hydrogens (primary N) is 2. The lowest BCUT2D eigenvalue weighted by Gasteiger charge is -2.39. The van der Waals surface area contributed by atoms with Crippen molar-refractivity contribution >= 4 is 34.3 Å². The molecule has 0 atom stereocenters. The first-order valence-corrected chi connectivity index (χ1v) is 10.3. The van der Waals surface area contributed by atoms with E-state index in [9.17, 15) is 0 Å². The van der Waals surface area contributed by atoms with Gasteiger partial charge in [-0.05, 0) is 49.8 Å². The van der Waals surface area contributed by atoms with E-state index in [4.69, 9.17) is 21.4 Å². The Bertz CT molecular complexity index is 1040. The zero-order valence-corrected chi connectivity index (χ0v) is 16.7. The van der Waals surface area contributed by atoms with Crippen molar-refractivity contribution in [1.82, 2.24) is 25.1 Å². The Morgan fingerprint density at radius 2 is 2.00 bits per heavy atom. The molecule has 2 aliphatic heterocycles. The first-order valence-electron chi connectivity index (χ1n) is 10.3. The van der Waals surface area contributed by atoms with Gasteiger partial charge in [0, 0.05) is 19.6 Å². The topological polar surface area (TPSA) is 126 Å². The maximum absolute atomic E-state index is 5.94. The molecule has 0 aliphatic carbocycles. The van der Waals surface area contributed by atoms with Crippen LogP contribution >= 0.6 is 0 Å². The van der Waals surface area contributed by atoms with E-state index in [0.29, 0.717) is 11.5 Å². The molecule has 0 amide bonds. The van der Waals surface area contributed by atoms with E-state index in [1.165, 1.54) is 0 Å². The number of anilines is 4. The molecule has 1 saturated heterocycles. The third-order valence-corrected chi connectivity index (χ3v) is 6.34. The molecule has 152 valence electrons. The van der Waals surface area contributed by atoms with Gasteiger partial charge in [0.05, 0.1) is 17.6 Å². The predicted octanol–water partition coefficient (Wildman–Crippen LogP) is 1.98.